The Bertz CT molecular complexity index is 149. The largest absolute Gasteiger partial charge is 0.383 e. The van der Waals surface area contributed by atoms with Gasteiger partial charge in [-0.05, 0) is 13.8 Å². The zero-order chi connectivity index (χ0) is 10.3. The van der Waals surface area contributed by atoms with E-state index < -0.39 is 0 Å². The van der Waals surface area contributed by atoms with Crippen LogP contribution in [0.15, 0.2) is 0 Å². The summed E-state index contributed by atoms with van der Waals surface area (Å²) in [6, 6.07) is 0.217. The minimum absolute atomic E-state index is 0.106. The van der Waals surface area contributed by atoms with Crippen LogP contribution in [0, 0.1) is 0 Å². The number of rotatable bonds is 6. The predicted octanol–water partition coefficient (Wildman–Crippen LogP) is 0.219. The molecule has 13 heavy (non-hydrogen) atoms. The van der Waals surface area contributed by atoms with Crippen molar-refractivity contribution in [1.29, 1.82) is 0 Å². The molecule has 0 aromatic carbocycles. The molecule has 1 amide bonds. The third kappa shape index (κ3) is 4.85. The molecule has 4 nitrogen and oxygen atoms in total. The molecule has 0 saturated heterocycles. The number of ether oxygens (including phenoxy) is 1. The quantitative estimate of drug-likeness (QED) is 0.648. The van der Waals surface area contributed by atoms with E-state index in [4.69, 9.17) is 10.5 Å². The Kier molecular flexibility index (Phi) is 6.54. The maximum Gasteiger partial charge on any atom is 0.224 e. The van der Waals surface area contributed by atoms with Crippen LogP contribution in [0.2, 0.25) is 0 Å². The number of amides is 1. The molecule has 0 rings (SSSR count). The van der Waals surface area contributed by atoms with Gasteiger partial charge in [0.1, 0.15) is 0 Å². The number of methoxy groups -OCH3 is 1. The first-order valence-electron chi connectivity index (χ1n) is 4.62. The molecule has 0 radical (unpaired) electrons. The maximum atomic E-state index is 11.5. The molecule has 0 spiro atoms. The minimum atomic E-state index is 0.106. The smallest absolute Gasteiger partial charge is 0.224 e. The summed E-state index contributed by atoms with van der Waals surface area (Å²) in [6.45, 7) is 5.62. The van der Waals surface area contributed by atoms with Gasteiger partial charge in [0.25, 0.3) is 0 Å². The number of nitrogens with zero attached hydrogens (tertiary/aromatic N) is 1. The number of nitrogens with two attached hydrogens (primary N) is 1. The van der Waals surface area contributed by atoms with E-state index in [1.165, 1.54) is 0 Å². The van der Waals surface area contributed by atoms with Gasteiger partial charge in [-0.15, -0.1) is 0 Å². The number of hydrogen-bond acceptors (Lipinski definition) is 3. The molecule has 4 heteroatoms. The first-order valence-corrected chi connectivity index (χ1v) is 4.62. The summed E-state index contributed by atoms with van der Waals surface area (Å²) in [6.07, 6.45) is 0.419. The van der Waals surface area contributed by atoms with Gasteiger partial charge < -0.3 is 15.4 Å². The van der Waals surface area contributed by atoms with Crippen molar-refractivity contribution < 1.29 is 9.53 Å². The zero-order valence-corrected chi connectivity index (χ0v) is 8.75. The highest BCUT2D eigenvalue weighted by molar-refractivity contribution is 5.76. The normalized spacial score (nSPS) is 10.5. The van der Waals surface area contributed by atoms with Crippen LogP contribution in [0.1, 0.15) is 20.3 Å². The van der Waals surface area contributed by atoms with Crippen LogP contribution < -0.4 is 5.73 Å². The zero-order valence-electron chi connectivity index (χ0n) is 8.75. The Morgan fingerprint density at radius 1 is 1.54 bits per heavy atom. The number of carbonyl (C=O) groups excluding carboxylic acids is 1. The summed E-state index contributed by atoms with van der Waals surface area (Å²) in [7, 11) is 1.63. The first kappa shape index (κ1) is 12.4. The van der Waals surface area contributed by atoms with Gasteiger partial charge >= 0.3 is 0 Å². The van der Waals surface area contributed by atoms with E-state index in [0.717, 1.165) is 0 Å². The van der Waals surface area contributed by atoms with Gasteiger partial charge in [-0.3, -0.25) is 4.79 Å². The van der Waals surface area contributed by atoms with Crippen molar-refractivity contribution in [3.05, 3.63) is 0 Å². The van der Waals surface area contributed by atoms with Crippen LogP contribution in [0.25, 0.3) is 0 Å². The maximum absolute atomic E-state index is 11.5. The standard InChI is InChI=1S/C9H20N2O2/c1-8(2)11(6-7-13-3)9(12)4-5-10/h8H,4-7,10H2,1-3H3. The van der Waals surface area contributed by atoms with Crippen LogP contribution in [0.4, 0.5) is 0 Å². The molecule has 0 unspecified atom stereocenters. The Morgan fingerprint density at radius 3 is 2.54 bits per heavy atom. The van der Waals surface area contributed by atoms with E-state index in [9.17, 15) is 4.79 Å². The van der Waals surface area contributed by atoms with Crippen molar-refractivity contribution in [3.8, 4) is 0 Å². The fourth-order valence-corrected chi connectivity index (χ4v) is 1.13. The summed E-state index contributed by atoms with van der Waals surface area (Å²) in [5.74, 6) is 0.106. The minimum Gasteiger partial charge on any atom is -0.383 e. The first-order chi connectivity index (χ1) is 6.13. The molecule has 0 atom stereocenters. The Morgan fingerprint density at radius 2 is 2.15 bits per heavy atom. The molecule has 0 bridgehead atoms. The molecule has 0 fully saturated rings. The van der Waals surface area contributed by atoms with Gasteiger partial charge in [0.05, 0.1) is 6.61 Å². The highest BCUT2D eigenvalue weighted by Gasteiger charge is 2.14. The number of carbonyl (C=O) groups is 1. The Labute approximate surface area is 80.0 Å². The summed E-state index contributed by atoms with van der Waals surface area (Å²) >= 11 is 0. The molecule has 0 aliphatic rings. The van der Waals surface area contributed by atoms with Gasteiger partial charge in [-0.2, -0.15) is 0 Å². The Hall–Kier alpha value is -0.610. The SMILES string of the molecule is COCCN(C(=O)CCN)C(C)C. The molecule has 2 N–H and O–H groups in total. The van der Waals surface area contributed by atoms with Gasteiger partial charge in [-0.25, -0.2) is 0 Å². The molecule has 0 aliphatic heterocycles. The highest BCUT2D eigenvalue weighted by Crippen LogP contribution is 2.00. The Balaban J connectivity index is 3.99. The summed E-state index contributed by atoms with van der Waals surface area (Å²) in [4.78, 5) is 13.3. The molecule has 0 aromatic rings. The third-order valence-corrected chi connectivity index (χ3v) is 1.84. The van der Waals surface area contributed by atoms with Crippen molar-refractivity contribution in [2.24, 2.45) is 5.73 Å². The second-order valence-corrected chi connectivity index (χ2v) is 3.21. The van der Waals surface area contributed by atoms with Crippen molar-refractivity contribution >= 4 is 5.91 Å². The lowest BCUT2D eigenvalue weighted by atomic mass is 10.2. The van der Waals surface area contributed by atoms with Crippen molar-refractivity contribution in [1.82, 2.24) is 4.90 Å². The number of hydrogen-bond donors (Lipinski definition) is 1. The van der Waals surface area contributed by atoms with E-state index in [1.807, 2.05) is 13.8 Å². The lowest BCUT2D eigenvalue weighted by Gasteiger charge is -2.26. The van der Waals surface area contributed by atoms with Gasteiger partial charge in [0.2, 0.25) is 5.91 Å². The van der Waals surface area contributed by atoms with Gasteiger partial charge in [-0.1, -0.05) is 0 Å². The third-order valence-electron chi connectivity index (χ3n) is 1.84. The van der Waals surface area contributed by atoms with E-state index in [2.05, 4.69) is 0 Å². The fraction of sp³-hybridized carbons (Fsp3) is 0.889. The molecule has 0 heterocycles. The predicted molar refractivity (Wildman–Crippen MR) is 52.4 cm³/mol. The van der Waals surface area contributed by atoms with E-state index in [0.29, 0.717) is 26.1 Å². The molecular formula is C9H20N2O2. The lowest BCUT2D eigenvalue weighted by Crippen LogP contribution is -2.40. The van der Waals surface area contributed by atoms with Crippen LogP contribution >= 0.6 is 0 Å². The monoisotopic (exact) mass is 188 g/mol. The van der Waals surface area contributed by atoms with Crippen LogP contribution in [0.5, 0.6) is 0 Å². The van der Waals surface area contributed by atoms with Crippen molar-refractivity contribution in [2.75, 3.05) is 26.8 Å². The average molecular weight is 188 g/mol. The summed E-state index contributed by atoms with van der Waals surface area (Å²) in [5, 5.41) is 0. The van der Waals surface area contributed by atoms with E-state index in [1.54, 1.807) is 12.0 Å². The summed E-state index contributed by atoms with van der Waals surface area (Å²) < 4.78 is 4.93. The topological polar surface area (TPSA) is 55.6 Å². The second-order valence-electron chi connectivity index (χ2n) is 3.21. The molecular weight excluding hydrogens is 168 g/mol. The van der Waals surface area contributed by atoms with E-state index >= 15 is 0 Å². The van der Waals surface area contributed by atoms with Gasteiger partial charge in [0.15, 0.2) is 0 Å². The van der Waals surface area contributed by atoms with Crippen LogP contribution in [0.3, 0.4) is 0 Å². The van der Waals surface area contributed by atoms with Crippen molar-refractivity contribution in [2.45, 2.75) is 26.3 Å². The van der Waals surface area contributed by atoms with Gasteiger partial charge in [0, 0.05) is 32.7 Å². The average Bonchev–Trinajstić information content (AvgIpc) is 2.05. The van der Waals surface area contributed by atoms with Crippen molar-refractivity contribution in [3.63, 3.8) is 0 Å². The van der Waals surface area contributed by atoms with Crippen LogP contribution in [-0.2, 0) is 9.53 Å². The fourth-order valence-electron chi connectivity index (χ4n) is 1.13. The summed E-state index contributed by atoms with van der Waals surface area (Å²) in [5.41, 5.74) is 5.32. The molecule has 0 saturated carbocycles. The van der Waals surface area contributed by atoms with E-state index in [-0.39, 0.29) is 11.9 Å². The highest BCUT2D eigenvalue weighted by atomic mass is 16.5. The van der Waals surface area contributed by atoms with Crippen LogP contribution in [-0.4, -0.2) is 43.7 Å². The molecule has 0 aromatic heterocycles. The lowest BCUT2D eigenvalue weighted by molar-refractivity contribution is -0.133. The molecule has 78 valence electrons. The second kappa shape index (κ2) is 6.86. The molecule has 0 aliphatic carbocycles.